The van der Waals surface area contributed by atoms with Gasteiger partial charge >= 0.3 is 5.69 Å². The highest BCUT2D eigenvalue weighted by Gasteiger charge is 2.26. The van der Waals surface area contributed by atoms with Gasteiger partial charge in [0.15, 0.2) is 11.2 Å². The predicted molar refractivity (Wildman–Crippen MR) is 119 cm³/mol. The van der Waals surface area contributed by atoms with Gasteiger partial charge < -0.3 is 20.0 Å². The van der Waals surface area contributed by atoms with E-state index >= 15 is 0 Å². The van der Waals surface area contributed by atoms with Crippen LogP contribution in [0, 0.1) is 5.92 Å². The molecule has 3 heterocycles. The lowest BCUT2D eigenvalue weighted by Crippen LogP contribution is -2.39. The van der Waals surface area contributed by atoms with Gasteiger partial charge in [-0.15, -0.1) is 0 Å². The van der Waals surface area contributed by atoms with Crippen molar-refractivity contribution in [3.05, 3.63) is 56.9 Å². The monoisotopic (exact) mass is 422 g/mol. The van der Waals surface area contributed by atoms with Crippen LogP contribution < -0.4 is 16.6 Å². The molecule has 1 aromatic carbocycles. The van der Waals surface area contributed by atoms with Gasteiger partial charge in [0.2, 0.25) is 5.95 Å². The summed E-state index contributed by atoms with van der Waals surface area (Å²) in [5.74, 6) is 0.860. The molecule has 31 heavy (non-hydrogen) atoms. The second-order valence-electron chi connectivity index (χ2n) is 8.48. The molecule has 0 radical (unpaired) electrons. The van der Waals surface area contributed by atoms with Crippen LogP contribution in [0.15, 0.2) is 39.9 Å². The van der Waals surface area contributed by atoms with Gasteiger partial charge in [0.1, 0.15) is 0 Å². The molecule has 162 valence electrons. The number of para-hydroxylation sites is 1. The fraction of sp³-hybridized carbons (Fsp3) is 0.409. The van der Waals surface area contributed by atoms with Crippen molar-refractivity contribution in [1.82, 2.24) is 23.7 Å². The van der Waals surface area contributed by atoms with Crippen LogP contribution in [0.5, 0.6) is 0 Å². The molecule has 9 heteroatoms. The number of anilines is 1. The van der Waals surface area contributed by atoms with Crippen molar-refractivity contribution in [2.24, 2.45) is 20.0 Å². The number of fused-ring (bicyclic) bond motifs is 2. The molecule has 1 aliphatic carbocycles. The number of hydrogen-bond acceptors (Lipinski definition) is 5. The number of imidazole rings is 1. The molecule has 1 saturated carbocycles. The molecule has 5 rings (SSSR count). The van der Waals surface area contributed by atoms with Crippen molar-refractivity contribution in [3.63, 3.8) is 0 Å². The van der Waals surface area contributed by atoms with Crippen LogP contribution in [0.1, 0.15) is 25.0 Å². The molecule has 1 unspecified atom stereocenters. The van der Waals surface area contributed by atoms with Crippen molar-refractivity contribution in [3.8, 4) is 0 Å². The normalized spacial score (nSPS) is 18.9. The zero-order valence-corrected chi connectivity index (χ0v) is 17.6. The minimum absolute atomic E-state index is 0.158. The maximum atomic E-state index is 13.3. The maximum Gasteiger partial charge on any atom is 0.332 e. The van der Waals surface area contributed by atoms with E-state index in [-0.39, 0.29) is 24.8 Å². The number of nitrogens with zero attached hydrogens (tertiary/aromatic N) is 4. The minimum Gasteiger partial charge on any atom is -0.396 e. The predicted octanol–water partition coefficient (Wildman–Crippen LogP) is 1.54. The van der Waals surface area contributed by atoms with Crippen LogP contribution in [0.2, 0.25) is 0 Å². The number of aliphatic hydroxyl groups is 1. The Bertz CT molecular complexity index is 1360. The highest BCUT2D eigenvalue weighted by Crippen LogP contribution is 2.28. The number of nitrogens with one attached hydrogen (secondary N) is 2. The van der Waals surface area contributed by atoms with E-state index in [1.54, 1.807) is 18.7 Å². The van der Waals surface area contributed by atoms with Crippen LogP contribution in [-0.2, 0) is 20.6 Å². The lowest BCUT2D eigenvalue weighted by atomic mass is 10.1. The molecule has 0 bridgehead atoms. The van der Waals surface area contributed by atoms with Crippen molar-refractivity contribution in [2.45, 2.75) is 31.8 Å². The molecule has 1 fully saturated rings. The molecular formula is C22H26N6O3. The number of hydrogen-bond donors (Lipinski definition) is 3. The van der Waals surface area contributed by atoms with Gasteiger partial charge in [0.05, 0.1) is 6.54 Å². The second-order valence-corrected chi connectivity index (χ2v) is 8.48. The number of aromatic nitrogens is 5. The van der Waals surface area contributed by atoms with Crippen LogP contribution in [0.3, 0.4) is 0 Å². The van der Waals surface area contributed by atoms with Crippen molar-refractivity contribution >= 4 is 28.0 Å². The minimum atomic E-state index is -0.401. The van der Waals surface area contributed by atoms with Crippen molar-refractivity contribution in [2.75, 3.05) is 11.9 Å². The number of aliphatic hydroxyl groups excluding tert-OH is 1. The third-order valence-electron chi connectivity index (χ3n) is 6.41. The van der Waals surface area contributed by atoms with E-state index in [0.717, 1.165) is 35.9 Å². The Hall–Kier alpha value is -3.33. The van der Waals surface area contributed by atoms with Crippen LogP contribution in [0.4, 0.5) is 5.95 Å². The highest BCUT2D eigenvalue weighted by molar-refractivity contribution is 5.80. The van der Waals surface area contributed by atoms with Crippen molar-refractivity contribution < 1.29 is 5.11 Å². The second kappa shape index (κ2) is 7.42. The first-order valence-corrected chi connectivity index (χ1v) is 10.6. The van der Waals surface area contributed by atoms with Gasteiger partial charge in [-0.3, -0.25) is 13.9 Å². The van der Waals surface area contributed by atoms with Crippen LogP contribution in [0.25, 0.3) is 22.1 Å². The summed E-state index contributed by atoms with van der Waals surface area (Å²) in [4.78, 5) is 34.1. The first-order valence-electron chi connectivity index (χ1n) is 10.6. The summed E-state index contributed by atoms with van der Waals surface area (Å²) in [5, 5.41) is 13.8. The van der Waals surface area contributed by atoms with E-state index in [9.17, 15) is 14.7 Å². The number of benzene rings is 1. The van der Waals surface area contributed by atoms with Gasteiger partial charge in [0.25, 0.3) is 5.56 Å². The Morgan fingerprint density at radius 3 is 2.74 bits per heavy atom. The first-order chi connectivity index (χ1) is 15.0. The molecular weight excluding hydrogens is 396 g/mol. The van der Waals surface area contributed by atoms with Gasteiger partial charge in [-0.25, -0.2) is 4.79 Å². The summed E-state index contributed by atoms with van der Waals surface area (Å²) in [6, 6.07) is 10.00. The molecule has 2 atom stereocenters. The first kappa shape index (κ1) is 19.6. The molecule has 0 amide bonds. The lowest BCUT2D eigenvalue weighted by Gasteiger charge is -2.13. The number of aryl methyl sites for hydroxylation is 2. The van der Waals surface area contributed by atoms with E-state index < -0.39 is 5.69 Å². The topological polar surface area (TPSA) is 110 Å². The van der Waals surface area contributed by atoms with E-state index in [2.05, 4.69) is 15.3 Å². The maximum absolute atomic E-state index is 13.3. The SMILES string of the molecule is Cn1c(NC2CC[C@H](CO)C2)nc2c1c(=O)n(Cc1cc3ccccc3[nH]1)c(=O)n2C. The summed E-state index contributed by atoms with van der Waals surface area (Å²) in [7, 11) is 3.43. The van der Waals surface area contributed by atoms with E-state index in [4.69, 9.17) is 0 Å². The van der Waals surface area contributed by atoms with Gasteiger partial charge in [0, 0.05) is 38.0 Å². The Morgan fingerprint density at radius 1 is 1.19 bits per heavy atom. The molecule has 3 N–H and O–H groups in total. The lowest BCUT2D eigenvalue weighted by molar-refractivity contribution is 0.229. The third kappa shape index (κ3) is 3.25. The molecule has 1 aliphatic rings. The van der Waals surface area contributed by atoms with E-state index in [0.29, 0.717) is 23.0 Å². The third-order valence-corrected chi connectivity index (χ3v) is 6.41. The van der Waals surface area contributed by atoms with Gasteiger partial charge in [-0.2, -0.15) is 4.98 Å². The van der Waals surface area contributed by atoms with Crippen molar-refractivity contribution in [1.29, 1.82) is 0 Å². The van der Waals surface area contributed by atoms with Gasteiger partial charge in [-0.05, 0) is 42.7 Å². The Balaban J connectivity index is 1.55. The molecule has 4 aromatic rings. The Labute approximate surface area is 178 Å². The summed E-state index contributed by atoms with van der Waals surface area (Å²) in [6.07, 6.45) is 2.77. The summed E-state index contributed by atoms with van der Waals surface area (Å²) >= 11 is 0. The van der Waals surface area contributed by atoms with E-state index in [1.807, 2.05) is 30.3 Å². The van der Waals surface area contributed by atoms with Crippen LogP contribution in [-0.4, -0.2) is 41.4 Å². The Kier molecular flexibility index (Phi) is 4.70. The average Bonchev–Trinajstić information content (AvgIpc) is 3.47. The fourth-order valence-corrected chi connectivity index (χ4v) is 4.66. The number of H-pyrrole nitrogens is 1. The number of rotatable bonds is 5. The standard InChI is InChI=1S/C22H26N6O3/c1-26-18-19(25-21(26)24-15-8-7-13(9-15)12-29)27(2)22(31)28(20(18)30)11-16-10-14-5-3-4-6-17(14)23-16/h3-6,10,13,15,23,29H,7-9,11-12H2,1-2H3,(H,24,25)/t13-,15?/m0/s1. The molecule has 0 spiro atoms. The summed E-state index contributed by atoms with van der Waals surface area (Å²) < 4.78 is 4.40. The quantitative estimate of drug-likeness (QED) is 0.452. The molecule has 9 nitrogen and oxygen atoms in total. The highest BCUT2D eigenvalue weighted by atomic mass is 16.3. The van der Waals surface area contributed by atoms with Crippen LogP contribution >= 0.6 is 0 Å². The van der Waals surface area contributed by atoms with E-state index in [1.165, 1.54) is 9.13 Å². The average molecular weight is 422 g/mol. The molecule has 3 aromatic heterocycles. The Morgan fingerprint density at radius 2 is 2.00 bits per heavy atom. The van der Waals surface area contributed by atoms with Gasteiger partial charge in [-0.1, -0.05) is 18.2 Å². The zero-order chi connectivity index (χ0) is 21.7. The summed E-state index contributed by atoms with van der Waals surface area (Å²) in [5.41, 5.74) is 1.75. The largest absolute Gasteiger partial charge is 0.396 e. The number of aromatic amines is 1. The molecule has 0 aliphatic heterocycles. The summed E-state index contributed by atoms with van der Waals surface area (Å²) in [6.45, 7) is 0.346. The molecule has 0 saturated heterocycles. The fourth-order valence-electron chi connectivity index (χ4n) is 4.66. The zero-order valence-electron chi connectivity index (χ0n) is 17.6. The smallest absolute Gasteiger partial charge is 0.332 e.